The number of aromatic nitrogens is 3. The molecular formula is C29H23AlN3O3+2. The van der Waals surface area contributed by atoms with Gasteiger partial charge in [0.15, 0.2) is 29.6 Å². The summed E-state index contributed by atoms with van der Waals surface area (Å²) in [5.41, 5.74) is 2.80. The molecule has 3 aromatic carbocycles. The summed E-state index contributed by atoms with van der Waals surface area (Å²) in [5.74, 6) is 2.34. The molecule has 0 atom stereocenters. The number of fused-ring (bicyclic) bond motifs is 3. The average molecular weight is 489 g/mol. The van der Waals surface area contributed by atoms with Crippen molar-refractivity contribution < 1.29 is 22.4 Å². The van der Waals surface area contributed by atoms with Crippen molar-refractivity contribution in [1.29, 1.82) is 0 Å². The van der Waals surface area contributed by atoms with Crippen LogP contribution in [0.1, 0.15) is 0 Å². The molecular weight excluding hydrogens is 465 g/mol. The zero-order valence-electron chi connectivity index (χ0n) is 19.6. The van der Waals surface area contributed by atoms with E-state index in [1.54, 1.807) is 6.20 Å². The van der Waals surface area contributed by atoms with Crippen molar-refractivity contribution in [1.82, 2.24) is 4.98 Å². The fraction of sp³-hybridized carbons (Fsp3) is 0.0690. The number of para-hydroxylation sites is 3. The molecule has 6 aromatic rings. The number of hydrogen-bond acceptors (Lipinski definition) is 4. The number of pyridine rings is 3. The minimum absolute atomic E-state index is 0.323. The fourth-order valence-electron chi connectivity index (χ4n) is 4.53. The highest BCUT2D eigenvalue weighted by atomic mass is 27.1. The summed E-state index contributed by atoms with van der Waals surface area (Å²) in [6.07, 6.45) is 5.79. The van der Waals surface area contributed by atoms with Gasteiger partial charge < -0.3 is 13.3 Å². The Hall–Kier alpha value is -4.18. The van der Waals surface area contributed by atoms with E-state index in [9.17, 15) is 0 Å². The first-order valence-electron chi connectivity index (χ1n) is 11.7. The summed E-state index contributed by atoms with van der Waals surface area (Å²) in [4.78, 5) is 4.50. The number of hydrogen-bond donors (Lipinski definition) is 0. The Morgan fingerprint density at radius 2 is 1.11 bits per heavy atom. The van der Waals surface area contributed by atoms with E-state index in [-0.39, 0.29) is 0 Å². The quantitative estimate of drug-likeness (QED) is 0.247. The van der Waals surface area contributed by atoms with Crippen molar-refractivity contribution in [3.63, 3.8) is 0 Å². The van der Waals surface area contributed by atoms with Gasteiger partial charge in [0, 0.05) is 23.7 Å². The van der Waals surface area contributed by atoms with E-state index >= 15 is 0 Å². The van der Waals surface area contributed by atoms with Gasteiger partial charge in [0.1, 0.15) is 5.52 Å². The maximum Gasteiger partial charge on any atom is 0.494 e. The second-order valence-electron chi connectivity index (χ2n) is 8.37. The molecule has 0 aliphatic carbocycles. The molecule has 0 aliphatic rings. The predicted molar refractivity (Wildman–Crippen MR) is 139 cm³/mol. The number of nitrogens with zero attached hydrogens (tertiary/aromatic N) is 3. The molecule has 0 unspecified atom stereocenters. The van der Waals surface area contributed by atoms with E-state index in [1.165, 1.54) is 16.6 Å². The normalized spacial score (nSPS) is 11.1. The molecule has 36 heavy (non-hydrogen) atoms. The highest BCUT2D eigenvalue weighted by molar-refractivity contribution is 6.01. The Morgan fingerprint density at radius 1 is 0.583 bits per heavy atom. The van der Waals surface area contributed by atoms with Gasteiger partial charge >= 0.3 is 16.6 Å². The Labute approximate surface area is 216 Å². The van der Waals surface area contributed by atoms with Gasteiger partial charge in [-0.2, -0.15) is 9.13 Å². The van der Waals surface area contributed by atoms with Crippen molar-refractivity contribution in [2.24, 2.45) is 0 Å². The van der Waals surface area contributed by atoms with Crippen LogP contribution in [0.4, 0.5) is 0 Å². The Bertz CT molecular complexity index is 1690. The first-order chi connectivity index (χ1) is 17.8. The van der Waals surface area contributed by atoms with Crippen LogP contribution in [0.2, 0.25) is 0 Å². The monoisotopic (exact) mass is 488 g/mol. The summed E-state index contributed by atoms with van der Waals surface area (Å²) < 4.78 is 22.4. The smallest absolute Gasteiger partial charge is 0.494 e. The van der Waals surface area contributed by atoms with Gasteiger partial charge in [-0.3, -0.25) is 4.98 Å². The third-order valence-electron chi connectivity index (χ3n) is 6.19. The van der Waals surface area contributed by atoms with Crippen LogP contribution in [0.5, 0.6) is 17.2 Å². The molecule has 7 heteroatoms. The highest BCUT2D eigenvalue weighted by Gasteiger charge is 2.19. The summed E-state index contributed by atoms with van der Waals surface area (Å²) in [6.45, 7) is 0.659. The van der Waals surface area contributed by atoms with Gasteiger partial charge in [0.25, 0.3) is 24.5 Å². The van der Waals surface area contributed by atoms with Crippen molar-refractivity contribution in [2.45, 2.75) is 13.5 Å². The van der Waals surface area contributed by atoms with Crippen LogP contribution in [-0.4, -0.2) is 21.6 Å². The number of ether oxygens (including phenoxy) is 2. The molecule has 0 amide bonds. The Kier molecular flexibility index (Phi) is 6.08. The minimum atomic E-state index is 0.323. The van der Waals surface area contributed by atoms with Crippen molar-refractivity contribution in [2.75, 3.05) is 0 Å². The first-order valence-corrected chi connectivity index (χ1v) is 12.2. The van der Waals surface area contributed by atoms with Gasteiger partial charge in [-0.1, -0.05) is 30.3 Å². The molecule has 6 rings (SSSR count). The van der Waals surface area contributed by atoms with E-state index < -0.39 is 0 Å². The van der Waals surface area contributed by atoms with Gasteiger partial charge in [-0.05, 0) is 48.5 Å². The molecule has 1 radical (unpaired) electrons. The van der Waals surface area contributed by atoms with E-state index in [0.717, 1.165) is 50.0 Å². The van der Waals surface area contributed by atoms with Crippen LogP contribution >= 0.6 is 0 Å². The molecule has 6 nitrogen and oxygen atoms in total. The summed E-state index contributed by atoms with van der Waals surface area (Å²) in [7, 11) is 0. The van der Waals surface area contributed by atoms with Gasteiger partial charge in [0.2, 0.25) is 0 Å². The van der Waals surface area contributed by atoms with Crippen LogP contribution in [0, 0.1) is 0 Å². The van der Waals surface area contributed by atoms with Crippen molar-refractivity contribution >= 4 is 49.3 Å². The molecule has 0 saturated heterocycles. The fourth-order valence-corrected chi connectivity index (χ4v) is 4.76. The predicted octanol–water partition coefficient (Wildman–Crippen LogP) is 4.38. The van der Waals surface area contributed by atoms with Crippen LogP contribution < -0.4 is 22.4 Å². The van der Waals surface area contributed by atoms with Crippen LogP contribution in [0.3, 0.4) is 0 Å². The van der Waals surface area contributed by atoms with Gasteiger partial charge in [-0.25, -0.2) is 0 Å². The lowest BCUT2D eigenvalue weighted by Crippen LogP contribution is -2.39. The molecule has 0 fully saturated rings. The zero-order valence-corrected chi connectivity index (χ0v) is 21.0. The topological polar surface area (TPSA) is 48.3 Å². The second-order valence-corrected chi connectivity index (χ2v) is 8.66. The summed E-state index contributed by atoms with van der Waals surface area (Å²) in [5, 5.41) is 3.21. The van der Waals surface area contributed by atoms with Crippen LogP contribution in [0.25, 0.3) is 32.7 Å². The lowest BCUT2D eigenvalue weighted by Gasteiger charge is -2.10. The number of benzene rings is 3. The van der Waals surface area contributed by atoms with E-state index in [4.69, 9.17) is 13.3 Å². The molecule has 0 saturated carbocycles. The molecule has 0 aliphatic heterocycles. The molecule has 173 valence electrons. The van der Waals surface area contributed by atoms with Gasteiger partial charge in [-0.15, -0.1) is 0 Å². The molecule has 0 N–H and O–H groups in total. The van der Waals surface area contributed by atoms with Gasteiger partial charge in [0.05, 0.1) is 10.8 Å². The average Bonchev–Trinajstić information content (AvgIpc) is 2.94. The Balaban J connectivity index is 1.33. The SMILES string of the molecule is [AlH][O]c1cccc2ccc[n+](COc3cccc4ccc[n+](COc5cccc6cccnc56)c34)c12. The van der Waals surface area contributed by atoms with Crippen molar-refractivity contribution in [3.8, 4) is 17.2 Å². The summed E-state index contributed by atoms with van der Waals surface area (Å²) in [6, 6.07) is 30.2. The highest BCUT2D eigenvalue weighted by Crippen LogP contribution is 2.26. The molecule has 0 bridgehead atoms. The first kappa shape index (κ1) is 22.3. The maximum atomic E-state index is 6.40. The third kappa shape index (κ3) is 4.20. The molecule has 3 heterocycles. The zero-order chi connectivity index (χ0) is 24.3. The summed E-state index contributed by atoms with van der Waals surface area (Å²) >= 11 is 1.47. The van der Waals surface area contributed by atoms with E-state index in [0.29, 0.717) is 13.5 Å². The molecule has 0 spiro atoms. The lowest BCUT2D eigenvalue weighted by molar-refractivity contribution is -0.706. The maximum absolute atomic E-state index is 6.40. The minimum Gasteiger partial charge on any atom is -0.646 e. The van der Waals surface area contributed by atoms with Crippen LogP contribution in [-0.2, 0) is 13.5 Å². The Morgan fingerprint density at radius 3 is 1.81 bits per heavy atom. The van der Waals surface area contributed by atoms with Crippen molar-refractivity contribution in [3.05, 3.63) is 110 Å². The standard InChI is InChI=1S/C29H22N3O3.Al.H/c33-24-13-1-8-22-11-5-17-31(28(22)24)19-35-26-15-3-9-23-12-6-18-32(29(23)26)20-34-25-14-2-7-21-10-4-16-30-27(21)25;;/h1-18H,19-20H2;;/q2*+1;. The lowest BCUT2D eigenvalue weighted by atomic mass is 10.2. The largest absolute Gasteiger partial charge is 0.646 e. The molecule has 3 aromatic heterocycles. The van der Waals surface area contributed by atoms with Crippen LogP contribution in [0.15, 0.2) is 110 Å². The van der Waals surface area contributed by atoms with E-state index in [1.807, 2.05) is 79.1 Å². The van der Waals surface area contributed by atoms with E-state index in [2.05, 4.69) is 38.4 Å². The number of rotatable bonds is 7. The second kappa shape index (κ2) is 9.82. The third-order valence-corrected chi connectivity index (χ3v) is 6.50.